The van der Waals surface area contributed by atoms with Crippen molar-refractivity contribution in [2.75, 3.05) is 0 Å². The standard InChI is InChI=1S/C9H10N4O/c1-6-3-2-4-7(5-6)8(14)9-10-12-13-11-9/h2-5,8,14H,1H3,(H,10,11,12,13). The zero-order chi connectivity index (χ0) is 9.97. The Balaban J connectivity index is 2.32. The van der Waals surface area contributed by atoms with Crippen LogP contribution in [0.2, 0.25) is 0 Å². The van der Waals surface area contributed by atoms with Crippen LogP contribution in [0.3, 0.4) is 0 Å². The number of aromatic nitrogens is 4. The Morgan fingerprint density at radius 1 is 1.43 bits per heavy atom. The molecule has 2 aromatic rings. The first-order valence-corrected chi connectivity index (χ1v) is 4.25. The molecule has 2 rings (SSSR count). The summed E-state index contributed by atoms with van der Waals surface area (Å²) in [5, 5.41) is 23.0. The van der Waals surface area contributed by atoms with Gasteiger partial charge in [-0.05, 0) is 12.5 Å². The second-order valence-corrected chi connectivity index (χ2v) is 3.09. The molecule has 1 unspecified atom stereocenters. The number of H-pyrrole nitrogens is 1. The van der Waals surface area contributed by atoms with Crippen molar-refractivity contribution in [2.45, 2.75) is 13.0 Å². The highest BCUT2D eigenvalue weighted by Gasteiger charge is 2.14. The lowest BCUT2D eigenvalue weighted by Gasteiger charge is -2.06. The smallest absolute Gasteiger partial charge is 0.207 e. The molecular weight excluding hydrogens is 180 g/mol. The number of aryl methyl sites for hydroxylation is 1. The zero-order valence-electron chi connectivity index (χ0n) is 7.68. The van der Waals surface area contributed by atoms with Crippen molar-refractivity contribution in [1.29, 1.82) is 0 Å². The quantitative estimate of drug-likeness (QED) is 0.726. The van der Waals surface area contributed by atoms with Crippen molar-refractivity contribution in [3.05, 3.63) is 41.2 Å². The Kier molecular flexibility index (Phi) is 2.24. The molecule has 0 radical (unpaired) electrons. The summed E-state index contributed by atoms with van der Waals surface area (Å²) >= 11 is 0. The number of rotatable bonds is 2. The molecule has 0 spiro atoms. The van der Waals surface area contributed by atoms with Gasteiger partial charge < -0.3 is 5.11 Å². The van der Waals surface area contributed by atoms with E-state index in [1.54, 1.807) is 0 Å². The third-order valence-corrected chi connectivity index (χ3v) is 1.96. The van der Waals surface area contributed by atoms with Crippen LogP contribution < -0.4 is 0 Å². The van der Waals surface area contributed by atoms with Gasteiger partial charge in [0.15, 0.2) is 0 Å². The molecule has 5 nitrogen and oxygen atoms in total. The molecule has 5 heteroatoms. The Morgan fingerprint density at radius 3 is 2.93 bits per heavy atom. The first-order valence-electron chi connectivity index (χ1n) is 4.25. The van der Waals surface area contributed by atoms with E-state index >= 15 is 0 Å². The summed E-state index contributed by atoms with van der Waals surface area (Å²) in [6, 6.07) is 7.56. The predicted octanol–water partition coefficient (Wildman–Crippen LogP) is 0.590. The highest BCUT2D eigenvalue weighted by Crippen LogP contribution is 2.18. The van der Waals surface area contributed by atoms with E-state index in [9.17, 15) is 5.11 Å². The minimum absolute atomic E-state index is 0.288. The lowest BCUT2D eigenvalue weighted by atomic mass is 10.1. The van der Waals surface area contributed by atoms with Gasteiger partial charge in [-0.2, -0.15) is 5.21 Å². The average molecular weight is 190 g/mol. The zero-order valence-corrected chi connectivity index (χ0v) is 7.68. The molecule has 0 bridgehead atoms. The van der Waals surface area contributed by atoms with Gasteiger partial charge in [-0.15, -0.1) is 10.2 Å². The SMILES string of the molecule is Cc1cccc(C(O)c2nn[nH]n2)c1. The number of nitrogens with zero attached hydrogens (tertiary/aromatic N) is 3. The van der Waals surface area contributed by atoms with Crippen LogP contribution in [0.1, 0.15) is 23.1 Å². The fraction of sp³-hybridized carbons (Fsp3) is 0.222. The van der Waals surface area contributed by atoms with Gasteiger partial charge in [0.2, 0.25) is 5.82 Å². The highest BCUT2D eigenvalue weighted by atomic mass is 16.3. The Labute approximate surface area is 80.8 Å². The van der Waals surface area contributed by atoms with Gasteiger partial charge in [0.25, 0.3) is 0 Å². The molecule has 1 heterocycles. The Hall–Kier alpha value is -1.75. The molecule has 0 aliphatic rings. The maximum atomic E-state index is 9.82. The van der Waals surface area contributed by atoms with E-state index in [1.807, 2.05) is 31.2 Å². The van der Waals surface area contributed by atoms with Crippen molar-refractivity contribution in [3.8, 4) is 0 Å². The van der Waals surface area contributed by atoms with Crippen LogP contribution in [0.25, 0.3) is 0 Å². The second-order valence-electron chi connectivity index (χ2n) is 3.09. The maximum Gasteiger partial charge on any atom is 0.207 e. The Bertz CT molecular complexity index is 413. The van der Waals surface area contributed by atoms with Crippen molar-refractivity contribution in [1.82, 2.24) is 20.6 Å². The number of benzene rings is 1. The maximum absolute atomic E-state index is 9.82. The highest BCUT2D eigenvalue weighted by molar-refractivity contribution is 5.26. The van der Waals surface area contributed by atoms with Gasteiger partial charge in [0.05, 0.1) is 0 Å². The van der Waals surface area contributed by atoms with Crippen LogP contribution in [0.4, 0.5) is 0 Å². The normalized spacial score (nSPS) is 12.7. The van der Waals surface area contributed by atoms with Gasteiger partial charge >= 0.3 is 0 Å². The lowest BCUT2D eigenvalue weighted by Crippen LogP contribution is -2.02. The number of aromatic amines is 1. The van der Waals surface area contributed by atoms with E-state index in [-0.39, 0.29) is 5.82 Å². The molecule has 0 aliphatic carbocycles. The molecule has 0 saturated heterocycles. The van der Waals surface area contributed by atoms with Crippen LogP contribution in [0, 0.1) is 6.92 Å². The molecule has 0 saturated carbocycles. The molecule has 0 amide bonds. The minimum Gasteiger partial charge on any atom is -0.380 e. The van der Waals surface area contributed by atoms with E-state index in [1.165, 1.54) is 0 Å². The van der Waals surface area contributed by atoms with E-state index in [0.29, 0.717) is 0 Å². The molecule has 1 atom stereocenters. The van der Waals surface area contributed by atoms with E-state index in [4.69, 9.17) is 0 Å². The third-order valence-electron chi connectivity index (χ3n) is 1.96. The average Bonchev–Trinajstić information content (AvgIpc) is 2.69. The number of tetrazole rings is 1. The third kappa shape index (κ3) is 1.62. The van der Waals surface area contributed by atoms with Crippen LogP contribution in [0.5, 0.6) is 0 Å². The largest absolute Gasteiger partial charge is 0.380 e. The van der Waals surface area contributed by atoms with E-state index in [2.05, 4.69) is 20.6 Å². The molecular formula is C9H10N4O. The van der Waals surface area contributed by atoms with Gasteiger partial charge in [-0.1, -0.05) is 35.0 Å². The van der Waals surface area contributed by atoms with Gasteiger partial charge in [0.1, 0.15) is 6.10 Å². The summed E-state index contributed by atoms with van der Waals surface area (Å²) in [6.07, 6.45) is -0.811. The lowest BCUT2D eigenvalue weighted by molar-refractivity contribution is 0.210. The Morgan fingerprint density at radius 2 is 2.29 bits per heavy atom. The molecule has 72 valence electrons. The molecule has 0 fully saturated rings. The first-order chi connectivity index (χ1) is 6.77. The van der Waals surface area contributed by atoms with Crippen LogP contribution in [0.15, 0.2) is 24.3 Å². The number of aliphatic hydroxyl groups is 1. The summed E-state index contributed by atoms with van der Waals surface area (Å²) in [5.74, 6) is 0.288. The first kappa shape index (κ1) is 8.83. The molecule has 0 aliphatic heterocycles. The number of aliphatic hydroxyl groups excluding tert-OH is 1. The van der Waals surface area contributed by atoms with E-state index in [0.717, 1.165) is 11.1 Å². The van der Waals surface area contributed by atoms with E-state index < -0.39 is 6.10 Å². The second kappa shape index (κ2) is 3.55. The number of nitrogens with one attached hydrogen (secondary N) is 1. The summed E-state index contributed by atoms with van der Waals surface area (Å²) in [5.41, 5.74) is 1.86. The minimum atomic E-state index is -0.811. The van der Waals surface area contributed by atoms with Crippen molar-refractivity contribution < 1.29 is 5.11 Å². The predicted molar refractivity (Wildman–Crippen MR) is 49.4 cm³/mol. The van der Waals surface area contributed by atoms with Crippen LogP contribution >= 0.6 is 0 Å². The van der Waals surface area contributed by atoms with Gasteiger partial charge in [-0.25, -0.2) is 0 Å². The van der Waals surface area contributed by atoms with Crippen molar-refractivity contribution in [3.63, 3.8) is 0 Å². The summed E-state index contributed by atoms with van der Waals surface area (Å²) in [7, 11) is 0. The molecule has 2 N–H and O–H groups in total. The molecule has 14 heavy (non-hydrogen) atoms. The molecule has 1 aromatic carbocycles. The topological polar surface area (TPSA) is 74.7 Å². The van der Waals surface area contributed by atoms with Crippen LogP contribution in [-0.2, 0) is 0 Å². The monoisotopic (exact) mass is 190 g/mol. The van der Waals surface area contributed by atoms with Crippen molar-refractivity contribution in [2.24, 2.45) is 0 Å². The summed E-state index contributed by atoms with van der Waals surface area (Å²) in [6.45, 7) is 1.96. The number of hydrogen-bond acceptors (Lipinski definition) is 4. The number of hydrogen-bond donors (Lipinski definition) is 2. The fourth-order valence-corrected chi connectivity index (χ4v) is 1.27. The summed E-state index contributed by atoms with van der Waals surface area (Å²) in [4.78, 5) is 0. The van der Waals surface area contributed by atoms with Crippen LogP contribution in [-0.4, -0.2) is 25.7 Å². The molecule has 1 aromatic heterocycles. The fourth-order valence-electron chi connectivity index (χ4n) is 1.27. The van der Waals surface area contributed by atoms with Gasteiger partial charge in [0, 0.05) is 0 Å². The van der Waals surface area contributed by atoms with Gasteiger partial charge in [-0.3, -0.25) is 0 Å². The summed E-state index contributed by atoms with van der Waals surface area (Å²) < 4.78 is 0. The van der Waals surface area contributed by atoms with Crippen molar-refractivity contribution >= 4 is 0 Å².